The number of nitrogens with one attached hydrogen (secondary N) is 1. The predicted molar refractivity (Wildman–Crippen MR) is 77.5 cm³/mol. The summed E-state index contributed by atoms with van der Waals surface area (Å²) in [6.45, 7) is 7.56. The van der Waals surface area contributed by atoms with E-state index in [2.05, 4.69) is 42.2 Å². The minimum Gasteiger partial charge on any atom is -0.368 e. The number of aromatic nitrogens is 3. The molecule has 2 aromatic heterocycles. The van der Waals surface area contributed by atoms with E-state index < -0.39 is 0 Å². The third-order valence-electron chi connectivity index (χ3n) is 3.70. The van der Waals surface area contributed by atoms with Crippen LogP contribution < -0.4 is 5.32 Å². The molecule has 4 nitrogen and oxygen atoms in total. The fourth-order valence-corrected chi connectivity index (χ4v) is 2.23. The molecule has 1 aliphatic carbocycles. The zero-order valence-corrected chi connectivity index (χ0v) is 12.0. The van der Waals surface area contributed by atoms with Crippen LogP contribution in [-0.2, 0) is 5.41 Å². The maximum absolute atomic E-state index is 4.64. The van der Waals surface area contributed by atoms with Gasteiger partial charge in [-0.3, -0.25) is 0 Å². The Morgan fingerprint density at radius 3 is 2.84 bits per heavy atom. The number of anilines is 1. The average molecular weight is 258 g/mol. The average Bonchev–Trinajstić information content (AvgIpc) is 3.04. The van der Waals surface area contributed by atoms with Crippen LogP contribution >= 0.6 is 0 Å². The number of hydrogen-bond acceptors (Lipinski definition) is 3. The van der Waals surface area contributed by atoms with E-state index in [1.54, 1.807) is 0 Å². The highest BCUT2D eigenvalue weighted by Gasteiger charge is 2.21. The van der Waals surface area contributed by atoms with Crippen molar-refractivity contribution in [3.8, 4) is 0 Å². The highest BCUT2D eigenvalue weighted by molar-refractivity contribution is 5.68. The normalized spacial score (nSPS) is 15.9. The summed E-state index contributed by atoms with van der Waals surface area (Å²) in [6.07, 6.45) is 7.78. The van der Waals surface area contributed by atoms with Crippen molar-refractivity contribution in [2.45, 2.75) is 45.4 Å². The molecule has 0 unspecified atom stereocenters. The van der Waals surface area contributed by atoms with Crippen LogP contribution in [0.25, 0.3) is 5.52 Å². The lowest BCUT2D eigenvalue weighted by Crippen LogP contribution is -2.11. The second-order valence-electron chi connectivity index (χ2n) is 6.54. The molecule has 0 bridgehead atoms. The Bertz CT molecular complexity index is 575. The number of fused-ring (bicyclic) bond motifs is 1. The zero-order chi connectivity index (χ0) is 13.5. The molecule has 0 aromatic carbocycles. The molecule has 1 saturated carbocycles. The van der Waals surface area contributed by atoms with Gasteiger partial charge in [-0.1, -0.05) is 33.6 Å². The van der Waals surface area contributed by atoms with E-state index in [0.717, 1.165) is 29.5 Å². The van der Waals surface area contributed by atoms with Gasteiger partial charge in [-0.15, -0.1) is 0 Å². The summed E-state index contributed by atoms with van der Waals surface area (Å²) in [5.41, 5.74) is 2.24. The molecule has 2 heterocycles. The van der Waals surface area contributed by atoms with Crippen LogP contribution in [0.5, 0.6) is 0 Å². The van der Waals surface area contributed by atoms with Crippen LogP contribution in [0.15, 0.2) is 18.5 Å². The molecule has 4 heteroatoms. The molecule has 2 aromatic rings. The molecule has 0 spiro atoms. The van der Waals surface area contributed by atoms with Crippen molar-refractivity contribution >= 4 is 11.3 Å². The molecule has 1 N–H and O–H groups in total. The summed E-state index contributed by atoms with van der Waals surface area (Å²) < 4.78 is 1.92. The third kappa shape index (κ3) is 2.72. The van der Waals surface area contributed by atoms with Gasteiger partial charge in [0.15, 0.2) is 5.82 Å². The molecule has 1 aliphatic rings. The first-order chi connectivity index (χ1) is 9.04. The second kappa shape index (κ2) is 4.51. The van der Waals surface area contributed by atoms with Gasteiger partial charge >= 0.3 is 0 Å². The van der Waals surface area contributed by atoms with Gasteiger partial charge in [-0.25, -0.2) is 9.50 Å². The maximum atomic E-state index is 4.64. The van der Waals surface area contributed by atoms with Crippen molar-refractivity contribution in [3.05, 3.63) is 24.2 Å². The number of rotatable bonds is 4. The number of nitrogens with zero attached hydrogens (tertiary/aromatic N) is 3. The lowest BCUT2D eigenvalue weighted by Gasteiger charge is -2.13. The van der Waals surface area contributed by atoms with E-state index in [4.69, 9.17) is 0 Å². The fourth-order valence-electron chi connectivity index (χ4n) is 2.23. The Morgan fingerprint density at radius 2 is 2.16 bits per heavy atom. The van der Waals surface area contributed by atoms with Crippen LogP contribution in [0.3, 0.4) is 0 Å². The van der Waals surface area contributed by atoms with E-state index in [9.17, 15) is 0 Å². The summed E-state index contributed by atoms with van der Waals surface area (Å²) in [7, 11) is 0. The van der Waals surface area contributed by atoms with Crippen molar-refractivity contribution in [1.82, 2.24) is 14.6 Å². The van der Waals surface area contributed by atoms with E-state index in [1.165, 1.54) is 19.3 Å². The molecule has 0 saturated heterocycles. The Morgan fingerprint density at radius 1 is 1.37 bits per heavy atom. The molecular formula is C15H22N4. The SMILES string of the molecule is CC(C)(C)c1cc2c(NCCC3CC3)nccn2n1. The Hall–Kier alpha value is -1.58. The summed E-state index contributed by atoms with van der Waals surface area (Å²) in [5, 5.41) is 8.09. The van der Waals surface area contributed by atoms with Crippen LogP contribution in [0.2, 0.25) is 0 Å². The zero-order valence-electron chi connectivity index (χ0n) is 12.0. The maximum Gasteiger partial charge on any atom is 0.152 e. The summed E-state index contributed by atoms with van der Waals surface area (Å²) in [6, 6.07) is 2.15. The first kappa shape index (κ1) is 12.5. The van der Waals surface area contributed by atoms with Crippen molar-refractivity contribution in [3.63, 3.8) is 0 Å². The lowest BCUT2D eigenvalue weighted by atomic mass is 9.92. The minimum atomic E-state index is 0.0668. The van der Waals surface area contributed by atoms with Crippen molar-refractivity contribution < 1.29 is 0 Å². The first-order valence-electron chi connectivity index (χ1n) is 7.13. The van der Waals surface area contributed by atoms with Gasteiger partial charge in [-0.2, -0.15) is 5.10 Å². The minimum absolute atomic E-state index is 0.0668. The van der Waals surface area contributed by atoms with Crippen molar-refractivity contribution in [1.29, 1.82) is 0 Å². The van der Waals surface area contributed by atoms with Gasteiger partial charge < -0.3 is 5.32 Å². The van der Waals surface area contributed by atoms with Gasteiger partial charge in [0.2, 0.25) is 0 Å². The molecular weight excluding hydrogens is 236 g/mol. The first-order valence-corrected chi connectivity index (χ1v) is 7.13. The summed E-state index contributed by atoms with van der Waals surface area (Å²) in [5.74, 6) is 1.90. The molecule has 0 amide bonds. The van der Waals surface area contributed by atoms with Crippen molar-refractivity contribution in [2.24, 2.45) is 5.92 Å². The largest absolute Gasteiger partial charge is 0.368 e. The van der Waals surface area contributed by atoms with E-state index in [0.29, 0.717) is 0 Å². The molecule has 3 rings (SSSR count). The molecule has 1 fully saturated rings. The van der Waals surface area contributed by atoms with Crippen LogP contribution in [0.4, 0.5) is 5.82 Å². The molecule has 0 aliphatic heterocycles. The van der Waals surface area contributed by atoms with E-state index in [1.807, 2.05) is 16.9 Å². The topological polar surface area (TPSA) is 42.2 Å². The predicted octanol–water partition coefficient (Wildman–Crippen LogP) is 3.24. The van der Waals surface area contributed by atoms with Crippen LogP contribution in [0.1, 0.15) is 45.7 Å². The van der Waals surface area contributed by atoms with Crippen LogP contribution in [-0.4, -0.2) is 21.1 Å². The molecule has 102 valence electrons. The highest BCUT2D eigenvalue weighted by atomic mass is 15.2. The van der Waals surface area contributed by atoms with Gasteiger partial charge in [0.1, 0.15) is 5.52 Å². The second-order valence-corrected chi connectivity index (χ2v) is 6.54. The van der Waals surface area contributed by atoms with E-state index in [-0.39, 0.29) is 5.41 Å². The van der Waals surface area contributed by atoms with Crippen LogP contribution in [0, 0.1) is 5.92 Å². The Labute approximate surface area is 114 Å². The Balaban J connectivity index is 1.84. The monoisotopic (exact) mass is 258 g/mol. The van der Waals surface area contributed by atoms with E-state index >= 15 is 0 Å². The quantitative estimate of drug-likeness (QED) is 0.915. The lowest BCUT2D eigenvalue weighted by molar-refractivity contribution is 0.562. The fraction of sp³-hybridized carbons (Fsp3) is 0.600. The van der Waals surface area contributed by atoms with Gasteiger partial charge in [0.25, 0.3) is 0 Å². The third-order valence-corrected chi connectivity index (χ3v) is 3.70. The standard InChI is InChI=1S/C15H22N4/c1-15(2,3)13-10-12-14(16-7-6-11-4-5-11)17-8-9-19(12)18-13/h8-11H,4-7H2,1-3H3,(H,16,17). The summed E-state index contributed by atoms with van der Waals surface area (Å²) >= 11 is 0. The van der Waals surface area contributed by atoms with Gasteiger partial charge in [0, 0.05) is 24.4 Å². The number of hydrogen-bond donors (Lipinski definition) is 1. The Kier molecular flexibility index (Phi) is 2.96. The molecule has 19 heavy (non-hydrogen) atoms. The van der Waals surface area contributed by atoms with Crippen molar-refractivity contribution in [2.75, 3.05) is 11.9 Å². The smallest absolute Gasteiger partial charge is 0.152 e. The summed E-state index contributed by atoms with van der Waals surface area (Å²) in [4.78, 5) is 4.45. The highest BCUT2D eigenvalue weighted by Crippen LogP contribution is 2.32. The molecule has 0 atom stereocenters. The van der Waals surface area contributed by atoms with Gasteiger partial charge in [-0.05, 0) is 18.4 Å². The van der Waals surface area contributed by atoms with Gasteiger partial charge in [0.05, 0.1) is 5.69 Å². The molecule has 0 radical (unpaired) electrons.